The summed E-state index contributed by atoms with van der Waals surface area (Å²) in [5.41, 5.74) is 1.14. The molecule has 0 aromatic heterocycles. The van der Waals surface area contributed by atoms with E-state index in [1.54, 1.807) is 7.11 Å². The van der Waals surface area contributed by atoms with Gasteiger partial charge in [0, 0.05) is 37.4 Å². The van der Waals surface area contributed by atoms with Gasteiger partial charge in [-0.2, -0.15) is 0 Å². The fraction of sp³-hybridized carbons (Fsp3) is 0.556. The molecule has 1 aromatic rings. The molecule has 25 heavy (non-hydrogen) atoms. The molecule has 3 N–H and O–H groups in total. The van der Waals surface area contributed by atoms with Crippen molar-refractivity contribution < 1.29 is 14.3 Å². The van der Waals surface area contributed by atoms with Crippen molar-refractivity contribution in [2.75, 3.05) is 38.2 Å². The highest BCUT2D eigenvalue weighted by Crippen LogP contribution is 2.26. The summed E-state index contributed by atoms with van der Waals surface area (Å²) in [6.45, 7) is 2.50. The van der Waals surface area contributed by atoms with E-state index in [9.17, 15) is 9.59 Å². The van der Waals surface area contributed by atoms with Gasteiger partial charge in [0.25, 0.3) is 0 Å². The largest absolute Gasteiger partial charge is 0.497 e. The van der Waals surface area contributed by atoms with Gasteiger partial charge in [0.2, 0.25) is 5.91 Å². The molecule has 7 heteroatoms. The van der Waals surface area contributed by atoms with E-state index in [2.05, 4.69) is 26.9 Å². The molecule has 0 unspecified atom stereocenters. The molecule has 0 bridgehead atoms. The molecule has 7 nitrogen and oxygen atoms in total. The van der Waals surface area contributed by atoms with Crippen LogP contribution in [-0.4, -0.2) is 51.3 Å². The van der Waals surface area contributed by atoms with Crippen molar-refractivity contribution in [3.05, 3.63) is 24.3 Å². The molecule has 3 amide bonds. The van der Waals surface area contributed by atoms with Crippen LogP contribution in [0.25, 0.3) is 0 Å². The van der Waals surface area contributed by atoms with Gasteiger partial charge < -0.3 is 25.6 Å². The normalized spacial score (nSPS) is 19.4. The Balaban J connectivity index is 1.36. The molecule has 1 aromatic carbocycles. The number of nitrogens with one attached hydrogen (secondary N) is 3. The first-order valence-corrected chi connectivity index (χ1v) is 8.84. The lowest BCUT2D eigenvalue weighted by Crippen LogP contribution is -2.44. The minimum atomic E-state index is -0.286. The van der Waals surface area contributed by atoms with Crippen LogP contribution in [-0.2, 0) is 4.79 Å². The van der Waals surface area contributed by atoms with Gasteiger partial charge in [-0.05, 0) is 37.3 Å². The van der Waals surface area contributed by atoms with E-state index < -0.39 is 0 Å². The van der Waals surface area contributed by atoms with Crippen LogP contribution in [0, 0.1) is 5.92 Å². The van der Waals surface area contributed by atoms with Gasteiger partial charge in [0.1, 0.15) is 5.75 Å². The molecule has 0 spiro atoms. The number of rotatable bonds is 7. The van der Waals surface area contributed by atoms with E-state index in [1.165, 1.54) is 0 Å². The number of methoxy groups -OCH3 is 1. The van der Waals surface area contributed by atoms with Crippen LogP contribution >= 0.6 is 0 Å². The van der Waals surface area contributed by atoms with Crippen molar-refractivity contribution in [2.45, 2.75) is 25.3 Å². The topological polar surface area (TPSA) is 82.7 Å². The van der Waals surface area contributed by atoms with E-state index in [0.717, 1.165) is 43.8 Å². The zero-order valence-electron chi connectivity index (χ0n) is 14.6. The molecule has 2 aliphatic rings. The SMILES string of the molecule is COc1cccc(N2CC[C@H](CNC(=O)NCC(=O)NC3CC3)C2)c1. The quantitative estimate of drug-likeness (QED) is 0.690. The summed E-state index contributed by atoms with van der Waals surface area (Å²) in [6, 6.07) is 8.05. The Kier molecular flexibility index (Phi) is 5.63. The molecular weight excluding hydrogens is 320 g/mol. The first kappa shape index (κ1) is 17.4. The minimum absolute atomic E-state index is 0.0307. The number of carbonyl (C=O) groups excluding carboxylic acids is 2. The minimum Gasteiger partial charge on any atom is -0.497 e. The van der Waals surface area contributed by atoms with Gasteiger partial charge in [0.05, 0.1) is 13.7 Å². The number of benzene rings is 1. The molecule has 1 atom stereocenters. The van der Waals surface area contributed by atoms with Crippen LogP contribution in [0.3, 0.4) is 0 Å². The summed E-state index contributed by atoms with van der Waals surface area (Å²) >= 11 is 0. The maximum Gasteiger partial charge on any atom is 0.315 e. The standard InChI is InChI=1S/C18H26N4O3/c1-25-16-4-2-3-15(9-16)22-8-7-13(12-22)10-19-18(24)20-11-17(23)21-14-5-6-14/h2-4,9,13-14H,5-8,10-12H2,1H3,(H,21,23)(H2,19,20,24)/t13-/m1/s1. The lowest BCUT2D eigenvalue weighted by atomic mass is 10.1. The number of nitrogens with zero attached hydrogens (tertiary/aromatic N) is 1. The second-order valence-electron chi connectivity index (χ2n) is 6.71. The van der Waals surface area contributed by atoms with Crippen LogP contribution in [0.2, 0.25) is 0 Å². The number of amides is 3. The van der Waals surface area contributed by atoms with Gasteiger partial charge in [-0.3, -0.25) is 4.79 Å². The summed E-state index contributed by atoms with van der Waals surface area (Å²) in [4.78, 5) is 25.6. The molecule has 136 valence electrons. The predicted octanol–water partition coefficient (Wildman–Crippen LogP) is 1.10. The van der Waals surface area contributed by atoms with Crippen LogP contribution in [0.15, 0.2) is 24.3 Å². The average Bonchev–Trinajstić information content (AvgIpc) is 3.31. The van der Waals surface area contributed by atoms with Crippen molar-refractivity contribution in [3.63, 3.8) is 0 Å². The maximum atomic E-state index is 11.8. The monoisotopic (exact) mass is 346 g/mol. The first-order chi connectivity index (χ1) is 12.1. The van der Waals surface area contributed by atoms with Crippen molar-refractivity contribution >= 4 is 17.6 Å². The van der Waals surface area contributed by atoms with Crippen molar-refractivity contribution in [1.29, 1.82) is 0 Å². The Morgan fingerprint density at radius 1 is 1.24 bits per heavy atom. The number of carbonyl (C=O) groups is 2. The van der Waals surface area contributed by atoms with Gasteiger partial charge in [-0.15, -0.1) is 0 Å². The Morgan fingerprint density at radius 2 is 2.08 bits per heavy atom. The van der Waals surface area contributed by atoms with Crippen LogP contribution in [0.5, 0.6) is 5.75 Å². The number of hydrogen-bond acceptors (Lipinski definition) is 4. The Labute approximate surface area is 148 Å². The first-order valence-electron chi connectivity index (χ1n) is 8.84. The molecule has 0 radical (unpaired) electrons. The molecule has 1 heterocycles. The number of urea groups is 1. The molecule has 1 aliphatic carbocycles. The maximum absolute atomic E-state index is 11.8. The molecule has 1 saturated heterocycles. The Morgan fingerprint density at radius 3 is 2.84 bits per heavy atom. The second-order valence-corrected chi connectivity index (χ2v) is 6.71. The van der Waals surface area contributed by atoms with Gasteiger partial charge >= 0.3 is 6.03 Å². The fourth-order valence-corrected chi connectivity index (χ4v) is 3.01. The van der Waals surface area contributed by atoms with Gasteiger partial charge in [-0.1, -0.05) is 6.07 Å². The molecule has 1 aliphatic heterocycles. The molecule has 2 fully saturated rings. The molecule has 1 saturated carbocycles. The number of hydrogen-bond donors (Lipinski definition) is 3. The van der Waals surface area contributed by atoms with Crippen molar-refractivity contribution in [1.82, 2.24) is 16.0 Å². The van der Waals surface area contributed by atoms with Gasteiger partial charge in [0.15, 0.2) is 0 Å². The van der Waals surface area contributed by atoms with E-state index in [0.29, 0.717) is 18.5 Å². The summed E-state index contributed by atoms with van der Waals surface area (Å²) in [7, 11) is 1.67. The second kappa shape index (κ2) is 8.09. The molecular formula is C18H26N4O3. The van der Waals surface area contributed by atoms with Crippen molar-refractivity contribution in [2.24, 2.45) is 5.92 Å². The van der Waals surface area contributed by atoms with E-state index in [4.69, 9.17) is 4.74 Å². The third-order valence-corrected chi connectivity index (χ3v) is 4.61. The van der Waals surface area contributed by atoms with E-state index in [1.807, 2.05) is 18.2 Å². The smallest absolute Gasteiger partial charge is 0.315 e. The molecule has 3 rings (SSSR count). The highest BCUT2D eigenvalue weighted by atomic mass is 16.5. The number of anilines is 1. The highest BCUT2D eigenvalue weighted by Gasteiger charge is 2.24. The fourth-order valence-electron chi connectivity index (χ4n) is 3.01. The van der Waals surface area contributed by atoms with Crippen LogP contribution in [0.1, 0.15) is 19.3 Å². The van der Waals surface area contributed by atoms with Crippen LogP contribution < -0.4 is 25.6 Å². The summed E-state index contributed by atoms with van der Waals surface area (Å²) in [5, 5.41) is 8.31. The Bertz CT molecular complexity index is 618. The van der Waals surface area contributed by atoms with Gasteiger partial charge in [-0.25, -0.2) is 4.79 Å². The lowest BCUT2D eigenvalue weighted by Gasteiger charge is -2.19. The summed E-state index contributed by atoms with van der Waals surface area (Å²) in [6.07, 6.45) is 3.12. The van der Waals surface area contributed by atoms with Crippen LogP contribution in [0.4, 0.5) is 10.5 Å². The predicted molar refractivity (Wildman–Crippen MR) is 95.9 cm³/mol. The summed E-state index contributed by atoms with van der Waals surface area (Å²) < 4.78 is 5.27. The number of ether oxygens (including phenoxy) is 1. The third kappa shape index (κ3) is 5.27. The highest BCUT2D eigenvalue weighted by molar-refractivity contribution is 5.84. The zero-order chi connectivity index (χ0) is 17.6. The third-order valence-electron chi connectivity index (χ3n) is 4.61. The van der Waals surface area contributed by atoms with E-state index >= 15 is 0 Å². The summed E-state index contributed by atoms with van der Waals surface area (Å²) in [5.74, 6) is 1.13. The Hall–Kier alpha value is -2.44. The van der Waals surface area contributed by atoms with E-state index in [-0.39, 0.29) is 18.5 Å². The lowest BCUT2D eigenvalue weighted by molar-refractivity contribution is -0.120. The zero-order valence-corrected chi connectivity index (χ0v) is 14.6. The average molecular weight is 346 g/mol. The van der Waals surface area contributed by atoms with Crippen molar-refractivity contribution in [3.8, 4) is 5.75 Å².